The number of carboxylic acid groups (broad SMARTS) is 1. The van der Waals surface area contributed by atoms with E-state index in [1.165, 1.54) is 35.6 Å². The lowest BCUT2D eigenvalue weighted by Crippen LogP contribution is -2.10. The van der Waals surface area contributed by atoms with Gasteiger partial charge in [-0.05, 0) is 42.0 Å². The second-order valence-electron chi connectivity index (χ2n) is 8.87. The van der Waals surface area contributed by atoms with Gasteiger partial charge in [-0.3, -0.25) is 0 Å². The van der Waals surface area contributed by atoms with Crippen molar-refractivity contribution in [2.24, 2.45) is 0 Å². The first-order valence-electron chi connectivity index (χ1n) is 12.1. The van der Waals surface area contributed by atoms with E-state index in [-0.39, 0.29) is 24.2 Å². The van der Waals surface area contributed by atoms with Crippen molar-refractivity contribution in [2.45, 2.75) is 19.6 Å². The molecule has 1 N–H and O–H groups in total. The number of hydrogen-bond acceptors (Lipinski definition) is 7. The van der Waals surface area contributed by atoms with Gasteiger partial charge >= 0.3 is 5.97 Å². The molecule has 0 aliphatic heterocycles. The van der Waals surface area contributed by atoms with E-state index in [0.29, 0.717) is 57.6 Å². The van der Waals surface area contributed by atoms with Crippen molar-refractivity contribution in [2.75, 3.05) is 13.7 Å². The molecule has 202 valence electrons. The average molecular weight is 561 g/mol. The van der Waals surface area contributed by atoms with E-state index >= 15 is 4.39 Å². The molecule has 5 rings (SSSR count). The van der Waals surface area contributed by atoms with Crippen LogP contribution in [0, 0.1) is 23.0 Å². The van der Waals surface area contributed by atoms with Crippen LogP contribution in [0.1, 0.15) is 32.9 Å². The Balaban J connectivity index is 1.34. The van der Waals surface area contributed by atoms with Gasteiger partial charge in [0.15, 0.2) is 0 Å². The number of aromatic carboxylic acids is 1. The first kappa shape index (κ1) is 26.9. The monoisotopic (exact) mass is 560 g/mol. The molecule has 0 radical (unpaired) electrons. The van der Waals surface area contributed by atoms with Gasteiger partial charge in [0, 0.05) is 36.6 Å². The Hall–Kier alpha value is -4.66. The molecule has 0 aliphatic carbocycles. The van der Waals surface area contributed by atoms with Crippen LogP contribution in [0.15, 0.2) is 60.0 Å². The second-order valence-corrected chi connectivity index (χ2v) is 9.69. The Morgan fingerprint density at radius 3 is 2.60 bits per heavy atom. The minimum absolute atomic E-state index is 0.0597. The molecule has 0 bridgehead atoms. The fourth-order valence-corrected chi connectivity index (χ4v) is 4.90. The summed E-state index contributed by atoms with van der Waals surface area (Å²) in [6.45, 7) is 0.748. The highest BCUT2D eigenvalue weighted by Crippen LogP contribution is 2.29. The zero-order valence-corrected chi connectivity index (χ0v) is 22.0. The van der Waals surface area contributed by atoms with Crippen LogP contribution >= 0.6 is 11.3 Å². The van der Waals surface area contributed by atoms with E-state index in [1.807, 2.05) is 10.6 Å². The van der Waals surface area contributed by atoms with Crippen LogP contribution in [0.25, 0.3) is 22.3 Å². The molecule has 0 amide bonds. The van der Waals surface area contributed by atoms with Crippen LogP contribution in [-0.4, -0.2) is 39.3 Å². The fraction of sp³-hybridized carbons (Fsp3) is 0.172. The fourth-order valence-electron chi connectivity index (χ4n) is 4.22. The summed E-state index contributed by atoms with van der Waals surface area (Å²) in [4.78, 5) is 20.5. The van der Waals surface area contributed by atoms with Crippen LogP contribution in [-0.2, 0) is 24.3 Å². The number of halogens is 2. The van der Waals surface area contributed by atoms with Crippen LogP contribution in [0.2, 0.25) is 0 Å². The second kappa shape index (κ2) is 11.6. The van der Waals surface area contributed by atoms with Gasteiger partial charge in [-0.25, -0.2) is 23.5 Å². The lowest BCUT2D eigenvalue weighted by molar-refractivity contribution is 0.0697. The van der Waals surface area contributed by atoms with Crippen molar-refractivity contribution >= 4 is 28.3 Å². The number of carboxylic acids is 1. The molecular formula is C29H22F2N4O4S. The first-order chi connectivity index (χ1) is 19.4. The average Bonchev–Trinajstić information content (AvgIpc) is 3.56. The Kier molecular flexibility index (Phi) is 7.82. The summed E-state index contributed by atoms with van der Waals surface area (Å²) in [5.41, 5.74) is 3.39. The summed E-state index contributed by atoms with van der Waals surface area (Å²) >= 11 is 1.21. The topological polar surface area (TPSA) is 110 Å². The number of thiazole rings is 1. The number of fused-ring (bicyclic) bond motifs is 1. The zero-order chi connectivity index (χ0) is 28.2. The van der Waals surface area contributed by atoms with Crippen LogP contribution in [0.4, 0.5) is 8.78 Å². The molecule has 0 unspecified atom stereocenters. The van der Waals surface area contributed by atoms with E-state index in [0.717, 1.165) is 6.07 Å². The molecule has 0 atom stereocenters. The lowest BCUT2D eigenvalue weighted by atomic mass is 10.1. The van der Waals surface area contributed by atoms with Crippen LogP contribution < -0.4 is 4.74 Å². The molecule has 3 aromatic carbocycles. The third-order valence-corrected chi connectivity index (χ3v) is 7.06. The number of hydrogen-bond donors (Lipinski definition) is 1. The summed E-state index contributed by atoms with van der Waals surface area (Å²) in [6.07, 6.45) is 0.189. The molecule has 40 heavy (non-hydrogen) atoms. The highest BCUT2D eigenvalue weighted by Gasteiger charge is 2.17. The number of rotatable bonds is 10. The Morgan fingerprint density at radius 1 is 1.07 bits per heavy atom. The van der Waals surface area contributed by atoms with Crippen LogP contribution in [0.3, 0.4) is 0 Å². The van der Waals surface area contributed by atoms with E-state index in [4.69, 9.17) is 14.7 Å². The number of imidazole rings is 1. The maximum atomic E-state index is 15.3. The van der Waals surface area contributed by atoms with Crippen molar-refractivity contribution in [1.29, 1.82) is 5.26 Å². The first-order valence-corrected chi connectivity index (χ1v) is 13.0. The highest BCUT2D eigenvalue weighted by atomic mass is 32.1. The third-order valence-electron chi connectivity index (χ3n) is 6.31. The van der Waals surface area contributed by atoms with Gasteiger partial charge < -0.3 is 19.1 Å². The predicted octanol–water partition coefficient (Wildman–Crippen LogP) is 5.82. The van der Waals surface area contributed by atoms with E-state index < -0.39 is 17.6 Å². The zero-order valence-electron chi connectivity index (χ0n) is 21.2. The smallest absolute Gasteiger partial charge is 0.335 e. The summed E-state index contributed by atoms with van der Waals surface area (Å²) in [5.74, 6) is -1.43. The Bertz CT molecular complexity index is 1760. The summed E-state index contributed by atoms with van der Waals surface area (Å²) < 4.78 is 42.0. The van der Waals surface area contributed by atoms with E-state index in [1.54, 1.807) is 36.8 Å². The number of ether oxygens (including phenoxy) is 2. The highest BCUT2D eigenvalue weighted by molar-refractivity contribution is 7.11. The lowest BCUT2D eigenvalue weighted by Gasteiger charge is -2.10. The van der Waals surface area contributed by atoms with Gasteiger partial charge in [-0.1, -0.05) is 29.5 Å². The van der Waals surface area contributed by atoms with Gasteiger partial charge in [0.05, 0.1) is 40.5 Å². The van der Waals surface area contributed by atoms with Gasteiger partial charge in [0.2, 0.25) is 0 Å². The number of aromatic nitrogens is 3. The van der Waals surface area contributed by atoms with Crippen molar-refractivity contribution in [3.63, 3.8) is 0 Å². The maximum absolute atomic E-state index is 15.3. The summed E-state index contributed by atoms with van der Waals surface area (Å²) in [5, 5.41) is 20.3. The molecule has 2 heterocycles. The van der Waals surface area contributed by atoms with Gasteiger partial charge in [0.1, 0.15) is 24.1 Å². The van der Waals surface area contributed by atoms with Crippen molar-refractivity contribution in [3.8, 4) is 22.5 Å². The van der Waals surface area contributed by atoms with Gasteiger partial charge in [-0.2, -0.15) is 5.26 Å². The van der Waals surface area contributed by atoms with Crippen LogP contribution in [0.5, 0.6) is 5.19 Å². The molecule has 0 saturated heterocycles. The number of methoxy groups -OCH3 is 1. The molecule has 0 saturated carbocycles. The number of benzene rings is 3. The summed E-state index contributed by atoms with van der Waals surface area (Å²) in [6, 6.07) is 15.5. The SMILES string of the molecule is COCCn1c(Cc2ccc(-c3csc(OCc4ccc(C#N)cc4F)n3)cc2F)nc2ccc(C(=O)O)cc21. The Labute approximate surface area is 231 Å². The molecule has 0 spiro atoms. The van der Waals surface area contributed by atoms with Gasteiger partial charge in [-0.15, -0.1) is 0 Å². The molecule has 0 fully saturated rings. The largest absolute Gasteiger partial charge is 0.478 e. The normalized spacial score (nSPS) is 11.1. The summed E-state index contributed by atoms with van der Waals surface area (Å²) in [7, 11) is 1.57. The molecule has 8 nitrogen and oxygen atoms in total. The quantitative estimate of drug-likeness (QED) is 0.229. The molecule has 2 aromatic heterocycles. The molecule has 5 aromatic rings. The maximum Gasteiger partial charge on any atom is 0.335 e. The number of nitrogens with zero attached hydrogens (tertiary/aromatic N) is 4. The van der Waals surface area contributed by atoms with E-state index in [2.05, 4.69) is 9.97 Å². The Morgan fingerprint density at radius 2 is 1.88 bits per heavy atom. The van der Waals surface area contributed by atoms with Gasteiger partial charge in [0.25, 0.3) is 5.19 Å². The van der Waals surface area contributed by atoms with Crippen molar-refractivity contribution in [1.82, 2.24) is 14.5 Å². The molecular weight excluding hydrogens is 538 g/mol. The standard InChI is InChI=1S/C29H22F2N4O4S/c1-38-9-8-35-26-12-20(28(36)37)6-7-24(26)33-27(35)13-18-4-5-19(11-23(18)31)25-16-40-29(34-25)39-15-21-3-2-17(14-32)10-22(21)30/h2-7,10-12,16H,8-9,13,15H2,1H3,(H,36,37). The molecule has 11 heteroatoms. The number of carbonyl (C=O) groups is 1. The number of nitriles is 1. The van der Waals surface area contributed by atoms with Crippen molar-refractivity contribution < 1.29 is 28.2 Å². The minimum Gasteiger partial charge on any atom is -0.478 e. The van der Waals surface area contributed by atoms with E-state index in [9.17, 15) is 14.3 Å². The third kappa shape index (κ3) is 5.68. The molecule has 0 aliphatic rings. The minimum atomic E-state index is -1.04. The predicted molar refractivity (Wildman–Crippen MR) is 144 cm³/mol. The van der Waals surface area contributed by atoms with Crippen molar-refractivity contribution in [3.05, 3.63) is 99.7 Å².